The molecule has 0 saturated carbocycles. The van der Waals surface area contributed by atoms with Gasteiger partial charge in [0.2, 0.25) is 0 Å². The molecule has 0 aliphatic carbocycles. The van der Waals surface area contributed by atoms with Gasteiger partial charge >= 0.3 is 5.97 Å². The third kappa shape index (κ3) is 3.63. The van der Waals surface area contributed by atoms with E-state index in [1.807, 2.05) is 5.38 Å². The van der Waals surface area contributed by atoms with Crippen molar-refractivity contribution in [2.45, 2.75) is 20.4 Å². The largest absolute Gasteiger partial charge is 0.465 e. The van der Waals surface area contributed by atoms with E-state index in [0.717, 1.165) is 5.69 Å². The number of ether oxygens (including phenoxy) is 1. The SMILES string of the molecule is COC(=O)c1c(C)[nH]c(C(=O)N2CCN(Cc3cc(=O)n4ccsc4n3)CC2)c1C. The van der Waals surface area contributed by atoms with E-state index >= 15 is 0 Å². The number of aryl methyl sites for hydroxylation is 1. The first kappa shape index (κ1) is 20.3. The summed E-state index contributed by atoms with van der Waals surface area (Å²) < 4.78 is 6.35. The van der Waals surface area contributed by atoms with Crippen LogP contribution in [0.1, 0.15) is 37.8 Å². The quantitative estimate of drug-likeness (QED) is 0.630. The molecule has 1 N–H and O–H groups in total. The van der Waals surface area contributed by atoms with Crippen molar-refractivity contribution in [1.29, 1.82) is 0 Å². The topological polar surface area (TPSA) is 100 Å². The van der Waals surface area contributed by atoms with Gasteiger partial charge in [-0.05, 0) is 19.4 Å². The lowest BCUT2D eigenvalue weighted by Gasteiger charge is -2.34. The Balaban J connectivity index is 1.42. The van der Waals surface area contributed by atoms with Crippen molar-refractivity contribution in [3.05, 3.63) is 56.2 Å². The number of hydrogen-bond donors (Lipinski definition) is 1. The molecular formula is C20H23N5O4S. The molecule has 1 fully saturated rings. The number of aromatic amines is 1. The number of piperazine rings is 1. The number of esters is 1. The van der Waals surface area contributed by atoms with Crippen LogP contribution in [0.5, 0.6) is 0 Å². The lowest BCUT2D eigenvalue weighted by Crippen LogP contribution is -2.48. The number of carbonyl (C=O) groups excluding carboxylic acids is 2. The number of thiazole rings is 1. The molecule has 1 amide bonds. The summed E-state index contributed by atoms with van der Waals surface area (Å²) in [4.78, 5) is 49.4. The number of nitrogens with zero attached hydrogens (tertiary/aromatic N) is 4. The Kier molecular flexibility index (Phi) is 5.44. The monoisotopic (exact) mass is 429 g/mol. The van der Waals surface area contributed by atoms with Crippen LogP contribution < -0.4 is 5.56 Å². The average molecular weight is 430 g/mol. The zero-order valence-corrected chi connectivity index (χ0v) is 17.9. The number of fused-ring (bicyclic) bond motifs is 1. The van der Waals surface area contributed by atoms with E-state index in [9.17, 15) is 14.4 Å². The standard InChI is InChI=1S/C20H23N5O4S/c1-12-16(19(28)29-3)13(2)21-17(12)18(27)24-6-4-23(5-7-24)11-14-10-15(26)25-8-9-30-20(25)22-14/h8-10,21H,4-7,11H2,1-3H3. The van der Waals surface area contributed by atoms with Crippen molar-refractivity contribution in [3.8, 4) is 0 Å². The van der Waals surface area contributed by atoms with Gasteiger partial charge in [0.1, 0.15) is 5.69 Å². The predicted octanol–water partition coefficient (Wildman–Crippen LogP) is 1.45. The Labute approximate surface area is 176 Å². The van der Waals surface area contributed by atoms with Crippen LogP contribution in [0.2, 0.25) is 0 Å². The number of rotatable bonds is 4. The van der Waals surface area contributed by atoms with Crippen molar-refractivity contribution in [3.63, 3.8) is 0 Å². The van der Waals surface area contributed by atoms with Crippen LogP contribution in [0.15, 0.2) is 22.4 Å². The summed E-state index contributed by atoms with van der Waals surface area (Å²) in [5.74, 6) is -0.571. The normalized spacial score (nSPS) is 15.0. The van der Waals surface area contributed by atoms with Crippen molar-refractivity contribution in [2.24, 2.45) is 0 Å². The van der Waals surface area contributed by atoms with E-state index in [1.165, 1.54) is 22.8 Å². The van der Waals surface area contributed by atoms with Crippen molar-refractivity contribution >= 4 is 28.2 Å². The van der Waals surface area contributed by atoms with Gasteiger partial charge < -0.3 is 14.6 Å². The Bertz CT molecular complexity index is 1170. The number of methoxy groups -OCH3 is 1. The van der Waals surface area contributed by atoms with Gasteiger partial charge in [-0.1, -0.05) is 0 Å². The smallest absolute Gasteiger partial charge is 0.339 e. The summed E-state index contributed by atoms with van der Waals surface area (Å²) in [5, 5.41) is 1.84. The summed E-state index contributed by atoms with van der Waals surface area (Å²) >= 11 is 1.43. The molecule has 1 saturated heterocycles. The Morgan fingerprint density at radius 3 is 2.67 bits per heavy atom. The highest BCUT2D eigenvalue weighted by atomic mass is 32.1. The third-order valence-electron chi connectivity index (χ3n) is 5.44. The van der Waals surface area contributed by atoms with Gasteiger partial charge in [-0.25, -0.2) is 9.78 Å². The summed E-state index contributed by atoms with van der Waals surface area (Å²) in [6.07, 6.45) is 1.72. The second-order valence-corrected chi connectivity index (χ2v) is 8.20. The molecular weight excluding hydrogens is 406 g/mol. The number of hydrogen-bond acceptors (Lipinski definition) is 7. The summed E-state index contributed by atoms with van der Waals surface area (Å²) in [5.41, 5.74) is 2.74. The third-order valence-corrected chi connectivity index (χ3v) is 6.20. The minimum absolute atomic E-state index is 0.0796. The zero-order chi connectivity index (χ0) is 21.4. The van der Waals surface area contributed by atoms with Crippen LogP contribution in [0, 0.1) is 13.8 Å². The first-order valence-electron chi connectivity index (χ1n) is 9.64. The maximum Gasteiger partial charge on any atom is 0.339 e. The van der Waals surface area contributed by atoms with Gasteiger partial charge in [-0.3, -0.25) is 18.9 Å². The van der Waals surface area contributed by atoms with Crippen molar-refractivity contribution in [1.82, 2.24) is 24.2 Å². The number of nitrogens with one attached hydrogen (secondary N) is 1. The Morgan fingerprint density at radius 2 is 1.97 bits per heavy atom. The Hall–Kier alpha value is -2.98. The van der Waals surface area contributed by atoms with Gasteiger partial charge in [0.15, 0.2) is 4.96 Å². The zero-order valence-electron chi connectivity index (χ0n) is 17.1. The van der Waals surface area contributed by atoms with Crippen LogP contribution >= 0.6 is 11.3 Å². The molecule has 158 valence electrons. The molecule has 4 heterocycles. The van der Waals surface area contributed by atoms with Crippen LogP contribution in [0.4, 0.5) is 0 Å². The lowest BCUT2D eigenvalue weighted by molar-refractivity contribution is 0.0599. The summed E-state index contributed by atoms with van der Waals surface area (Å²) in [7, 11) is 1.33. The maximum absolute atomic E-state index is 13.0. The predicted molar refractivity (Wildman–Crippen MR) is 112 cm³/mol. The molecule has 0 unspecified atom stereocenters. The van der Waals surface area contributed by atoms with Crippen LogP contribution in [0.25, 0.3) is 4.96 Å². The van der Waals surface area contributed by atoms with E-state index in [0.29, 0.717) is 60.2 Å². The molecule has 1 aliphatic rings. The molecule has 3 aromatic heterocycles. The second kappa shape index (κ2) is 8.04. The van der Waals surface area contributed by atoms with Gasteiger partial charge in [-0.15, -0.1) is 11.3 Å². The molecule has 0 bridgehead atoms. The average Bonchev–Trinajstić information content (AvgIpc) is 3.32. The molecule has 9 nitrogen and oxygen atoms in total. The Morgan fingerprint density at radius 1 is 1.23 bits per heavy atom. The molecule has 30 heavy (non-hydrogen) atoms. The molecule has 10 heteroatoms. The first-order valence-corrected chi connectivity index (χ1v) is 10.5. The highest BCUT2D eigenvalue weighted by Gasteiger charge is 2.28. The van der Waals surface area contributed by atoms with Crippen LogP contribution in [-0.4, -0.2) is 69.3 Å². The lowest BCUT2D eigenvalue weighted by atomic mass is 10.1. The first-order chi connectivity index (χ1) is 14.4. The van der Waals surface area contributed by atoms with E-state index in [4.69, 9.17) is 4.74 Å². The van der Waals surface area contributed by atoms with Crippen molar-refractivity contribution in [2.75, 3.05) is 33.3 Å². The number of H-pyrrole nitrogens is 1. The number of carbonyl (C=O) groups is 2. The molecule has 3 aromatic rings. The maximum atomic E-state index is 13.0. The van der Waals surface area contributed by atoms with E-state index in [2.05, 4.69) is 14.9 Å². The summed E-state index contributed by atoms with van der Waals surface area (Å²) in [6, 6.07) is 1.57. The summed E-state index contributed by atoms with van der Waals surface area (Å²) in [6.45, 7) is 6.56. The highest BCUT2D eigenvalue weighted by molar-refractivity contribution is 7.15. The van der Waals surface area contributed by atoms with Crippen molar-refractivity contribution < 1.29 is 14.3 Å². The minimum atomic E-state index is -0.448. The minimum Gasteiger partial charge on any atom is -0.465 e. The molecule has 4 rings (SSSR count). The fraction of sp³-hybridized carbons (Fsp3) is 0.400. The van der Waals surface area contributed by atoms with Gasteiger partial charge in [-0.2, -0.15) is 0 Å². The highest BCUT2D eigenvalue weighted by Crippen LogP contribution is 2.21. The van der Waals surface area contributed by atoms with Gasteiger partial charge in [0.25, 0.3) is 11.5 Å². The van der Waals surface area contributed by atoms with Gasteiger partial charge in [0.05, 0.1) is 18.4 Å². The van der Waals surface area contributed by atoms with E-state index < -0.39 is 5.97 Å². The molecule has 0 atom stereocenters. The fourth-order valence-corrected chi connectivity index (χ4v) is 4.58. The van der Waals surface area contributed by atoms with Crippen LogP contribution in [0.3, 0.4) is 0 Å². The van der Waals surface area contributed by atoms with Gasteiger partial charge in [0, 0.05) is 56.1 Å². The van der Waals surface area contributed by atoms with E-state index in [-0.39, 0.29) is 11.5 Å². The second-order valence-electron chi connectivity index (χ2n) is 7.33. The fourth-order valence-electron chi connectivity index (χ4n) is 3.84. The molecule has 0 radical (unpaired) electrons. The number of aromatic nitrogens is 3. The molecule has 0 aromatic carbocycles. The number of amides is 1. The van der Waals surface area contributed by atoms with Crippen LogP contribution in [-0.2, 0) is 11.3 Å². The van der Waals surface area contributed by atoms with E-state index in [1.54, 1.807) is 31.0 Å². The molecule has 1 aliphatic heterocycles. The molecule has 0 spiro atoms.